The van der Waals surface area contributed by atoms with Crippen LogP contribution in [0.5, 0.6) is 0 Å². The van der Waals surface area contributed by atoms with E-state index in [0.717, 1.165) is 0 Å². The molecule has 0 bridgehead atoms. The van der Waals surface area contributed by atoms with Gasteiger partial charge in [-0.2, -0.15) is 43.8 Å². The van der Waals surface area contributed by atoms with Crippen molar-refractivity contribution in [2.45, 2.75) is 0 Å². The molecule has 238 valence electrons. The molecule has 0 rings (SSSR count). The third-order valence-electron chi connectivity index (χ3n) is 0. The minimum atomic E-state index is -4.67. The summed E-state index contributed by atoms with van der Waals surface area (Å²) < 4.78 is 96.8. The van der Waals surface area contributed by atoms with Crippen LogP contribution in [0.25, 0.3) is 0 Å². The normalized spacial score (nSPS) is 3.88. The summed E-state index contributed by atoms with van der Waals surface area (Å²) in [5.41, 5.74) is 0. The summed E-state index contributed by atoms with van der Waals surface area (Å²) in [6.07, 6.45) is 0. The maximum absolute atomic E-state index is 8.74. The van der Waals surface area contributed by atoms with Gasteiger partial charge in [0.05, 0.1) is 0 Å². The zero-order valence-electron chi connectivity index (χ0n) is 20.9. The SMILES string of the molecule is O=S(=O)(O)O.O=S(=O)(O)O.O=[Si]=O.O=[Si]=O.S.S.[AsH3].[AsH3].[BiH3].[BiH3].[Ca+2].[Ca+2].[Cu].[Cu].[Fe].[Fe].[H-].[H-].[H-].[H-].[Ni].[Ni].[PbH2].[PbH2].[SbH3].[SbH3]. The first-order chi connectivity index (χ1) is 6.83. The van der Waals surface area contributed by atoms with Gasteiger partial charge in [-0.05, 0) is 0 Å². The van der Waals surface area contributed by atoms with E-state index in [-0.39, 0.29) is 401 Å². The minimum absolute atomic E-state index is 0. The predicted octanol–water partition coefficient (Wildman–Crippen LogP) is -11.6. The van der Waals surface area contributed by atoms with Crippen LogP contribution in [0.2, 0.25) is 0 Å². The molecule has 2 atom stereocenters. The van der Waals surface area contributed by atoms with E-state index < -0.39 is 39.4 Å². The van der Waals surface area contributed by atoms with E-state index in [1.807, 2.05) is 0 Å². The van der Waals surface area contributed by atoms with E-state index in [1.54, 1.807) is 0 Å². The van der Waals surface area contributed by atoms with Gasteiger partial charge in [-0.25, -0.2) is 0 Å². The maximum atomic E-state index is 8.74. The number of hydrogen-bond donors (Lipinski definition) is 4. The summed E-state index contributed by atoms with van der Waals surface area (Å²) in [6.45, 7) is 0. The summed E-state index contributed by atoms with van der Waals surface area (Å²) in [4.78, 5) is 0. The van der Waals surface area contributed by atoms with Gasteiger partial charge in [0.1, 0.15) is 0 Å². The molecule has 6 radical (unpaired) electrons. The second kappa shape index (κ2) is 129. The zero-order valence-corrected chi connectivity index (χ0v) is 69.0. The number of rotatable bonds is 0. The summed E-state index contributed by atoms with van der Waals surface area (Å²) in [5.74, 6) is 0. The average molecular weight is 2070 g/mol. The molecule has 0 aromatic rings. The van der Waals surface area contributed by atoms with E-state index in [4.69, 9.17) is 52.9 Å². The van der Waals surface area contributed by atoms with Crippen LogP contribution < -0.4 is 0 Å². The Morgan fingerprint density at radius 3 is 0.559 bits per heavy atom. The molecular formula is H34As2Bi2Ca2Cu2Fe2Ni2O12Pb2S4Sb2Si2. The Balaban J connectivity index is -0.00000000178. The zero-order chi connectivity index (χ0) is 14.4. The van der Waals surface area contributed by atoms with Crippen LogP contribution in [0.4, 0.5) is 0 Å². The Hall–Kier alpha value is 12.0. The summed E-state index contributed by atoms with van der Waals surface area (Å²) >= 11 is 0. The summed E-state index contributed by atoms with van der Waals surface area (Å²) in [5, 5.41) is 0. The van der Waals surface area contributed by atoms with E-state index in [1.165, 1.54) is 0 Å². The molecule has 0 fully saturated rings. The first-order valence-corrected chi connectivity index (χ1v) is 6.64. The van der Waals surface area contributed by atoms with Crippen LogP contribution in [0.1, 0.15) is 5.71 Å². The molecule has 0 aromatic carbocycles. The Morgan fingerprint density at radius 1 is 0.559 bits per heavy atom. The van der Waals surface area contributed by atoms with E-state index >= 15 is 0 Å². The first kappa shape index (κ1) is 162. The van der Waals surface area contributed by atoms with Gasteiger partial charge >= 0.3 is 307 Å². The van der Waals surface area contributed by atoms with Crippen LogP contribution >= 0.6 is 27.0 Å². The Kier molecular flexibility index (Phi) is 613. The summed E-state index contributed by atoms with van der Waals surface area (Å²) in [6, 6.07) is 0. The van der Waals surface area contributed by atoms with Gasteiger partial charge in [-0.3, -0.25) is 36.1 Å². The quantitative estimate of drug-likeness (QED) is 0.132. The van der Waals surface area contributed by atoms with Crippen molar-refractivity contribution in [2.75, 3.05) is 0 Å². The molecule has 12 nitrogen and oxygen atoms in total. The van der Waals surface area contributed by atoms with E-state index in [2.05, 4.69) is 0 Å². The Bertz CT molecular complexity index is 445. The fourth-order valence-electron chi connectivity index (χ4n) is 0. The fraction of sp³-hybridized carbons (Fsp3) is 0. The van der Waals surface area contributed by atoms with Crippen LogP contribution in [-0.2, 0) is 140 Å². The van der Waals surface area contributed by atoms with Crippen molar-refractivity contribution in [1.29, 1.82) is 0 Å². The third-order valence-corrected chi connectivity index (χ3v) is 0. The predicted molar refractivity (Wildman–Crippen MR) is 156 cm³/mol. The van der Waals surface area contributed by atoms with Crippen molar-refractivity contribution in [3.05, 3.63) is 0 Å². The van der Waals surface area contributed by atoms with Gasteiger partial charge < -0.3 is 5.71 Å². The molecule has 0 aliphatic heterocycles. The van der Waals surface area contributed by atoms with Crippen LogP contribution in [0.3, 0.4) is 0 Å². The molecule has 34 heavy (non-hydrogen) atoms. The van der Waals surface area contributed by atoms with Crippen molar-refractivity contribution in [3.63, 3.8) is 0 Å². The van der Waals surface area contributed by atoms with E-state index in [0.29, 0.717) is 0 Å². The monoisotopic (exact) mass is 2070 g/mol. The number of hydrogen-bond acceptors (Lipinski definition) is 8. The van der Waals surface area contributed by atoms with Crippen LogP contribution in [-0.4, -0.2) is 321 Å². The van der Waals surface area contributed by atoms with Gasteiger partial charge in [0, 0.05) is 101 Å². The molecule has 0 heterocycles. The average Bonchev–Trinajstić information content (AvgIpc) is 1.79. The second-order valence-electron chi connectivity index (χ2n) is 1.06. The van der Waals surface area contributed by atoms with Crippen LogP contribution in [0, 0.1) is 0 Å². The van der Waals surface area contributed by atoms with Crippen molar-refractivity contribution >= 4 is 334 Å². The van der Waals surface area contributed by atoms with Crippen molar-refractivity contribution < 1.29 is 160 Å². The van der Waals surface area contributed by atoms with Gasteiger partial charge in [0.25, 0.3) is 0 Å². The molecule has 0 saturated heterocycles. The van der Waals surface area contributed by atoms with Crippen molar-refractivity contribution in [3.8, 4) is 0 Å². The molecule has 2 unspecified atom stereocenters. The van der Waals surface area contributed by atoms with Gasteiger partial charge in [-0.1, -0.05) is 0 Å². The Morgan fingerprint density at radius 2 is 0.559 bits per heavy atom. The summed E-state index contributed by atoms with van der Waals surface area (Å²) in [7, 11) is -12.2. The molecule has 0 aromatic heterocycles. The van der Waals surface area contributed by atoms with Gasteiger partial charge in [0.15, 0.2) is 0 Å². The molecular weight excluding hydrogens is 2040 g/mol. The standard InChI is InChI=1S/2AsH3.2Bi.2Ca.2Cu.2Fe.2Ni.2H2O4S.2O2Si.2Pb.2H2S.2Sb.20H/c;;;;;;;;;;;;2*1-5(2,3)4;2*1-3-2;;;;;;;;;;;;;;;;;;;;;;;;;;/h2*1H3;;;;;;;;;;;2*(H2,1,2,3,4);;;;;2*1H2;;;;;;;;;;;;;;;;;;;;;;/q;;;;2*+2;;;;;;;;;;;;;;;;;;;;;;;;;;;;;;;;;4*-1. The first-order valence-electron chi connectivity index (χ1n) is 2.21. The Labute approximate surface area is 481 Å². The molecule has 0 aliphatic rings. The molecule has 0 saturated carbocycles. The third kappa shape index (κ3) is 564. The van der Waals surface area contributed by atoms with Crippen LogP contribution in [0.15, 0.2) is 0 Å². The van der Waals surface area contributed by atoms with Crippen molar-refractivity contribution in [2.24, 2.45) is 0 Å². The fourth-order valence-corrected chi connectivity index (χ4v) is 0. The second-order valence-corrected chi connectivity index (χ2v) is 3.19. The van der Waals surface area contributed by atoms with E-state index in [9.17, 15) is 0 Å². The van der Waals surface area contributed by atoms with Gasteiger partial charge in [-0.15, -0.1) is 0 Å². The molecule has 4 N–H and O–H groups in total. The topological polar surface area (TPSA) is 217 Å². The molecule has 0 spiro atoms. The molecule has 0 amide bonds. The molecule has 34 heteroatoms. The molecule has 0 aliphatic carbocycles. The van der Waals surface area contributed by atoms with Crippen molar-refractivity contribution in [1.82, 2.24) is 0 Å². The van der Waals surface area contributed by atoms with Gasteiger partial charge in [0.2, 0.25) is 0 Å².